The minimum atomic E-state index is -0.762. The van der Waals surface area contributed by atoms with E-state index in [4.69, 9.17) is 14.2 Å². The highest BCUT2D eigenvalue weighted by Gasteiger charge is 2.32. The third kappa shape index (κ3) is 7.54. The van der Waals surface area contributed by atoms with Gasteiger partial charge in [0, 0.05) is 38.2 Å². The van der Waals surface area contributed by atoms with Gasteiger partial charge in [-0.05, 0) is 51.3 Å². The number of amides is 1. The molecular formula is C30H38N6O6. The topological polar surface area (TPSA) is 150 Å². The molecule has 0 aliphatic carbocycles. The van der Waals surface area contributed by atoms with Crippen molar-refractivity contribution >= 4 is 12.1 Å². The summed E-state index contributed by atoms with van der Waals surface area (Å²) in [5, 5.41) is 17.2. The SMILES string of the molecule is CCOC(=O)c1nc(C(C)C(c2cnn(CCCNC(=O)OC(C)(C)C)c2)c2ccccc2C#N)n(C)c(=O)c1OC. The first-order chi connectivity index (χ1) is 19.9. The molecule has 1 amide bonds. The molecule has 2 atom stereocenters. The van der Waals surface area contributed by atoms with Gasteiger partial charge < -0.3 is 19.5 Å². The van der Waals surface area contributed by atoms with Crippen molar-refractivity contribution in [1.29, 1.82) is 5.26 Å². The molecule has 1 N–H and O–H groups in total. The Hall–Kier alpha value is -4.66. The van der Waals surface area contributed by atoms with Crippen LogP contribution >= 0.6 is 0 Å². The Morgan fingerprint density at radius 1 is 1.21 bits per heavy atom. The number of ether oxygens (including phenoxy) is 3. The quantitative estimate of drug-likeness (QED) is 0.264. The summed E-state index contributed by atoms with van der Waals surface area (Å²) in [5.74, 6) is -1.58. The number of aromatic nitrogens is 4. The first-order valence-electron chi connectivity index (χ1n) is 13.7. The fraction of sp³-hybridized carbons (Fsp3) is 0.467. The number of carbonyl (C=O) groups excluding carboxylic acids is 2. The van der Waals surface area contributed by atoms with Gasteiger partial charge in [-0.1, -0.05) is 25.1 Å². The van der Waals surface area contributed by atoms with Crippen LogP contribution in [-0.4, -0.2) is 57.3 Å². The normalized spacial score (nSPS) is 12.6. The molecular weight excluding hydrogens is 540 g/mol. The molecule has 0 fully saturated rings. The van der Waals surface area contributed by atoms with E-state index < -0.39 is 35.1 Å². The van der Waals surface area contributed by atoms with Crippen molar-refractivity contribution in [3.8, 4) is 11.8 Å². The van der Waals surface area contributed by atoms with Gasteiger partial charge in [0.2, 0.25) is 5.75 Å². The van der Waals surface area contributed by atoms with E-state index in [-0.39, 0.29) is 18.1 Å². The number of hydrogen-bond donors (Lipinski definition) is 1. The van der Waals surface area contributed by atoms with E-state index in [1.807, 2.05) is 25.3 Å². The van der Waals surface area contributed by atoms with E-state index in [0.29, 0.717) is 30.9 Å². The summed E-state index contributed by atoms with van der Waals surface area (Å²) in [7, 11) is 2.86. The summed E-state index contributed by atoms with van der Waals surface area (Å²) in [6.45, 7) is 9.97. The summed E-state index contributed by atoms with van der Waals surface area (Å²) in [6.07, 6.45) is 3.71. The smallest absolute Gasteiger partial charge is 0.407 e. The molecule has 2 unspecified atom stereocenters. The zero-order valence-electron chi connectivity index (χ0n) is 25.1. The number of aryl methyl sites for hydroxylation is 1. The first kappa shape index (κ1) is 31.9. The molecule has 12 nitrogen and oxygen atoms in total. The van der Waals surface area contributed by atoms with E-state index in [1.165, 1.54) is 11.7 Å². The Balaban J connectivity index is 1.98. The van der Waals surface area contributed by atoms with Crippen LogP contribution in [0.3, 0.4) is 0 Å². The predicted octanol–water partition coefficient (Wildman–Crippen LogP) is 3.88. The van der Waals surface area contributed by atoms with Crippen molar-refractivity contribution in [2.24, 2.45) is 7.05 Å². The molecule has 0 aliphatic heterocycles. The van der Waals surface area contributed by atoms with Crippen LogP contribution in [0, 0.1) is 11.3 Å². The molecule has 224 valence electrons. The summed E-state index contributed by atoms with van der Waals surface area (Å²) >= 11 is 0. The van der Waals surface area contributed by atoms with Gasteiger partial charge in [0.15, 0.2) is 5.69 Å². The molecule has 3 aromatic rings. The number of methoxy groups -OCH3 is 1. The maximum Gasteiger partial charge on any atom is 0.407 e. The van der Waals surface area contributed by atoms with Crippen LogP contribution in [0.2, 0.25) is 0 Å². The fourth-order valence-electron chi connectivity index (χ4n) is 4.69. The number of alkyl carbamates (subject to hydrolysis) is 1. The van der Waals surface area contributed by atoms with Crippen molar-refractivity contribution in [1.82, 2.24) is 24.6 Å². The lowest BCUT2D eigenvalue weighted by atomic mass is 9.80. The molecule has 42 heavy (non-hydrogen) atoms. The molecule has 0 aliphatic rings. The Morgan fingerprint density at radius 2 is 1.93 bits per heavy atom. The molecule has 12 heteroatoms. The third-order valence-corrected chi connectivity index (χ3v) is 6.52. The molecule has 3 rings (SSSR count). The molecule has 0 saturated heterocycles. The second-order valence-electron chi connectivity index (χ2n) is 10.7. The fourth-order valence-corrected chi connectivity index (χ4v) is 4.69. The minimum absolute atomic E-state index is 0.106. The average Bonchev–Trinajstić information content (AvgIpc) is 3.40. The molecule has 1 aromatic carbocycles. The molecule has 0 saturated carbocycles. The zero-order chi connectivity index (χ0) is 31.0. The summed E-state index contributed by atoms with van der Waals surface area (Å²) in [6, 6.07) is 9.46. The highest BCUT2D eigenvalue weighted by Crippen LogP contribution is 2.39. The van der Waals surface area contributed by atoms with Crippen LogP contribution < -0.4 is 15.6 Å². The lowest BCUT2D eigenvalue weighted by Gasteiger charge is -2.26. The molecule has 0 bridgehead atoms. The Bertz CT molecular complexity index is 1510. The highest BCUT2D eigenvalue weighted by molar-refractivity contribution is 5.90. The third-order valence-electron chi connectivity index (χ3n) is 6.52. The number of nitriles is 1. The second-order valence-corrected chi connectivity index (χ2v) is 10.7. The van der Waals surface area contributed by atoms with Gasteiger partial charge in [-0.3, -0.25) is 14.0 Å². The van der Waals surface area contributed by atoms with Gasteiger partial charge in [-0.25, -0.2) is 14.6 Å². The molecule has 2 aromatic heterocycles. The number of hydrogen-bond acceptors (Lipinski definition) is 9. The van der Waals surface area contributed by atoms with Gasteiger partial charge in [0.1, 0.15) is 11.4 Å². The number of carbonyl (C=O) groups is 2. The van der Waals surface area contributed by atoms with Crippen molar-refractivity contribution in [2.45, 2.75) is 65.0 Å². The van der Waals surface area contributed by atoms with Crippen LogP contribution in [-0.2, 0) is 23.1 Å². The van der Waals surface area contributed by atoms with Gasteiger partial charge in [-0.2, -0.15) is 10.4 Å². The van der Waals surface area contributed by atoms with E-state index in [0.717, 1.165) is 11.1 Å². The Kier molecular flexibility index (Phi) is 10.5. The Morgan fingerprint density at radius 3 is 2.57 bits per heavy atom. The van der Waals surface area contributed by atoms with Crippen LogP contribution in [0.25, 0.3) is 0 Å². The molecule has 0 spiro atoms. The van der Waals surface area contributed by atoms with Crippen LogP contribution in [0.4, 0.5) is 4.79 Å². The Labute approximate surface area is 245 Å². The van der Waals surface area contributed by atoms with Gasteiger partial charge >= 0.3 is 12.1 Å². The number of benzene rings is 1. The van der Waals surface area contributed by atoms with Crippen LogP contribution in [0.1, 0.15) is 85.9 Å². The van der Waals surface area contributed by atoms with Crippen molar-refractivity contribution in [3.05, 3.63) is 75.2 Å². The first-order valence-corrected chi connectivity index (χ1v) is 13.7. The lowest BCUT2D eigenvalue weighted by Crippen LogP contribution is -2.33. The molecule has 2 heterocycles. The zero-order valence-corrected chi connectivity index (χ0v) is 25.1. The van der Waals surface area contributed by atoms with Gasteiger partial charge in [0.25, 0.3) is 5.56 Å². The predicted molar refractivity (Wildman–Crippen MR) is 154 cm³/mol. The minimum Gasteiger partial charge on any atom is -0.489 e. The molecule has 0 radical (unpaired) electrons. The summed E-state index contributed by atoms with van der Waals surface area (Å²) in [5.41, 5.74) is 0.663. The second kappa shape index (κ2) is 13.8. The van der Waals surface area contributed by atoms with Crippen molar-refractivity contribution in [3.63, 3.8) is 0 Å². The maximum absolute atomic E-state index is 13.2. The van der Waals surface area contributed by atoms with Gasteiger partial charge in [-0.15, -0.1) is 0 Å². The summed E-state index contributed by atoms with van der Waals surface area (Å²) in [4.78, 5) is 42.4. The largest absolute Gasteiger partial charge is 0.489 e. The van der Waals surface area contributed by atoms with Crippen molar-refractivity contribution < 1.29 is 23.8 Å². The van der Waals surface area contributed by atoms with E-state index >= 15 is 0 Å². The lowest BCUT2D eigenvalue weighted by molar-refractivity contribution is 0.0508. The number of nitrogens with zero attached hydrogens (tertiary/aromatic N) is 5. The maximum atomic E-state index is 13.2. The van der Waals surface area contributed by atoms with Crippen molar-refractivity contribution in [2.75, 3.05) is 20.3 Å². The monoisotopic (exact) mass is 578 g/mol. The number of nitrogens with one attached hydrogen (secondary N) is 1. The van der Waals surface area contributed by atoms with E-state index in [1.54, 1.807) is 57.8 Å². The highest BCUT2D eigenvalue weighted by atomic mass is 16.6. The average molecular weight is 579 g/mol. The van der Waals surface area contributed by atoms with Gasteiger partial charge in [0.05, 0.1) is 31.5 Å². The van der Waals surface area contributed by atoms with Crippen LogP contribution in [0.5, 0.6) is 5.75 Å². The standard InChI is InChI=1S/C30H38N6O6/c1-8-41-28(38)24-25(40-7)27(37)35(6)26(34-24)19(2)23(22-13-10-9-12-20(22)16-31)21-17-33-36(18-21)15-11-14-32-29(39)42-30(3,4)5/h9-10,12-13,17-19,23H,8,11,14-15H2,1-7H3,(H,32,39). The van der Waals surface area contributed by atoms with E-state index in [2.05, 4.69) is 21.5 Å². The number of rotatable bonds is 11. The summed E-state index contributed by atoms with van der Waals surface area (Å²) < 4.78 is 18.7. The van der Waals surface area contributed by atoms with Crippen LogP contribution in [0.15, 0.2) is 41.5 Å². The van der Waals surface area contributed by atoms with E-state index in [9.17, 15) is 19.6 Å². The number of esters is 1.